The number of carbonyl (C=O) groups excluding carboxylic acids is 2. The zero-order valence-electron chi connectivity index (χ0n) is 16.8. The number of halogens is 1. The first-order valence-electron chi connectivity index (χ1n) is 11.0. The maximum Gasteiger partial charge on any atom is 0.220 e. The maximum atomic E-state index is 13.2. The van der Waals surface area contributed by atoms with E-state index in [0.717, 1.165) is 24.4 Å². The minimum absolute atomic E-state index is 0.0380. The van der Waals surface area contributed by atoms with Crippen LogP contribution < -0.4 is 10.6 Å². The Morgan fingerprint density at radius 1 is 1.17 bits per heavy atom. The van der Waals surface area contributed by atoms with Crippen molar-refractivity contribution >= 4 is 11.8 Å². The van der Waals surface area contributed by atoms with Crippen molar-refractivity contribution in [3.05, 3.63) is 47.8 Å². The van der Waals surface area contributed by atoms with Gasteiger partial charge in [0, 0.05) is 24.9 Å². The Kier molecular flexibility index (Phi) is 4.52. The van der Waals surface area contributed by atoms with E-state index in [4.69, 9.17) is 0 Å². The van der Waals surface area contributed by atoms with Crippen LogP contribution >= 0.6 is 0 Å². The van der Waals surface area contributed by atoms with Gasteiger partial charge in [-0.1, -0.05) is 24.3 Å². The van der Waals surface area contributed by atoms with Crippen molar-refractivity contribution < 1.29 is 14.0 Å². The Hall–Kier alpha value is -2.17. The van der Waals surface area contributed by atoms with E-state index in [2.05, 4.69) is 22.8 Å². The number of allylic oxidation sites excluding steroid dienone is 2. The Morgan fingerprint density at radius 3 is 2.62 bits per heavy atom. The molecule has 154 valence electrons. The molecule has 2 amide bonds. The highest BCUT2D eigenvalue weighted by Gasteiger charge is 2.62. The Morgan fingerprint density at radius 2 is 1.97 bits per heavy atom. The summed E-state index contributed by atoms with van der Waals surface area (Å²) < 4.78 is 13.2. The molecule has 1 saturated heterocycles. The molecule has 4 unspecified atom stereocenters. The van der Waals surface area contributed by atoms with E-state index >= 15 is 0 Å². The van der Waals surface area contributed by atoms with Gasteiger partial charge in [0.1, 0.15) is 5.82 Å². The van der Waals surface area contributed by atoms with E-state index in [1.165, 1.54) is 31.4 Å². The average molecular weight is 397 g/mol. The van der Waals surface area contributed by atoms with Crippen LogP contribution in [0.4, 0.5) is 4.39 Å². The molecule has 1 aromatic carbocycles. The van der Waals surface area contributed by atoms with Crippen molar-refractivity contribution in [2.24, 2.45) is 23.2 Å². The van der Waals surface area contributed by atoms with Crippen LogP contribution in [0.15, 0.2) is 36.4 Å². The summed E-state index contributed by atoms with van der Waals surface area (Å²) in [6.07, 6.45) is 11.6. The molecular formula is C24H29FN2O2. The molecule has 2 bridgehead atoms. The minimum Gasteiger partial charge on any atom is -0.356 e. The lowest BCUT2D eigenvalue weighted by Crippen LogP contribution is -2.44. The van der Waals surface area contributed by atoms with Crippen LogP contribution in [0.1, 0.15) is 50.5 Å². The zero-order chi connectivity index (χ0) is 20.1. The number of hydrogen-bond donors (Lipinski definition) is 2. The van der Waals surface area contributed by atoms with E-state index in [0.29, 0.717) is 42.9 Å². The van der Waals surface area contributed by atoms with Gasteiger partial charge in [0.2, 0.25) is 11.8 Å². The second-order valence-corrected chi connectivity index (χ2v) is 9.68. The molecule has 3 fully saturated rings. The second kappa shape index (κ2) is 6.96. The van der Waals surface area contributed by atoms with E-state index in [9.17, 15) is 14.0 Å². The molecule has 1 aromatic rings. The summed E-state index contributed by atoms with van der Waals surface area (Å²) >= 11 is 0. The lowest BCUT2D eigenvalue weighted by molar-refractivity contribution is -0.123. The van der Waals surface area contributed by atoms with Gasteiger partial charge in [-0.05, 0) is 79.4 Å². The molecule has 4 aliphatic rings. The molecule has 0 radical (unpaired) electrons. The second-order valence-electron chi connectivity index (χ2n) is 9.68. The highest BCUT2D eigenvalue weighted by atomic mass is 19.1. The van der Waals surface area contributed by atoms with Crippen molar-refractivity contribution in [1.29, 1.82) is 0 Å². The van der Waals surface area contributed by atoms with Gasteiger partial charge < -0.3 is 10.6 Å². The molecule has 4 nitrogen and oxygen atoms in total. The third-order valence-electron chi connectivity index (χ3n) is 7.93. The lowest BCUT2D eigenvalue weighted by atomic mass is 9.85. The van der Waals surface area contributed by atoms with Crippen molar-refractivity contribution in [3.8, 4) is 0 Å². The van der Waals surface area contributed by atoms with Gasteiger partial charge in [-0.25, -0.2) is 4.39 Å². The first-order chi connectivity index (χ1) is 14.0. The molecule has 2 saturated carbocycles. The molecule has 4 atom stereocenters. The van der Waals surface area contributed by atoms with Gasteiger partial charge in [0.05, 0.1) is 0 Å². The molecule has 5 rings (SSSR count). The summed E-state index contributed by atoms with van der Waals surface area (Å²) in [6, 6.07) is 6.42. The van der Waals surface area contributed by atoms with Gasteiger partial charge in [0.15, 0.2) is 0 Å². The van der Waals surface area contributed by atoms with Crippen molar-refractivity contribution in [1.82, 2.24) is 10.6 Å². The summed E-state index contributed by atoms with van der Waals surface area (Å²) in [6.45, 7) is 0.767. The number of amides is 2. The van der Waals surface area contributed by atoms with Crippen molar-refractivity contribution in [2.75, 3.05) is 6.54 Å². The van der Waals surface area contributed by atoms with Gasteiger partial charge in [-0.15, -0.1) is 0 Å². The van der Waals surface area contributed by atoms with Gasteiger partial charge in [0.25, 0.3) is 0 Å². The summed E-state index contributed by atoms with van der Waals surface area (Å²) in [5.74, 6) is 1.82. The number of benzene rings is 1. The number of hydrogen-bond acceptors (Lipinski definition) is 2. The highest BCUT2D eigenvalue weighted by Crippen LogP contribution is 2.69. The fraction of sp³-hybridized carbons (Fsp3) is 0.583. The Labute approximate surface area is 171 Å². The van der Waals surface area contributed by atoms with Crippen molar-refractivity contribution in [3.63, 3.8) is 0 Å². The molecule has 1 spiro atoms. The van der Waals surface area contributed by atoms with Crippen LogP contribution in [-0.4, -0.2) is 23.9 Å². The first kappa shape index (κ1) is 18.8. The average Bonchev–Trinajstić information content (AvgIpc) is 3.24. The van der Waals surface area contributed by atoms with Crippen LogP contribution in [-0.2, 0) is 16.0 Å². The maximum absolute atomic E-state index is 13.2. The third-order valence-corrected chi connectivity index (χ3v) is 7.93. The smallest absolute Gasteiger partial charge is 0.220 e. The number of rotatable bonds is 7. The van der Waals surface area contributed by atoms with Crippen LogP contribution in [0.3, 0.4) is 0 Å². The van der Waals surface area contributed by atoms with Crippen LogP contribution in [0, 0.1) is 29.0 Å². The summed E-state index contributed by atoms with van der Waals surface area (Å²) in [5, 5.41) is 6.27. The Bertz CT molecular complexity index is 845. The summed E-state index contributed by atoms with van der Waals surface area (Å²) in [7, 11) is 0. The standard InChI is InChI=1S/C24H29FN2O2/c25-19-4-1-16(2-5-19)14-23(10-8-22(29)27-23)9-7-21(28)26-15-17-13-18-3-6-20(17)24(18)11-12-24/h1-6,17-18,20H,7-15H2,(H,26,28)(H,27,29). The van der Waals surface area contributed by atoms with E-state index < -0.39 is 5.54 Å². The predicted molar refractivity (Wildman–Crippen MR) is 108 cm³/mol. The van der Waals surface area contributed by atoms with Crippen molar-refractivity contribution in [2.45, 2.75) is 56.9 Å². The zero-order valence-corrected chi connectivity index (χ0v) is 16.8. The number of carbonyl (C=O) groups is 2. The van der Waals surface area contributed by atoms with E-state index in [1.807, 2.05) is 0 Å². The molecule has 3 aliphatic carbocycles. The fourth-order valence-electron chi connectivity index (χ4n) is 6.22. The molecule has 2 N–H and O–H groups in total. The van der Waals surface area contributed by atoms with Gasteiger partial charge in [-0.3, -0.25) is 9.59 Å². The Balaban J connectivity index is 1.15. The molecule has 0 aromatic heterocycles. The highest BCUT2D eigenvalue weighted by molar-refractivity contribution is 5.80. The van der Waals surface area contributed by atoms with Crippen LogP contribution in [0.5, 0.6) is 0 Å². The predicted octanol–water partition coefficient (Wildman–Crippen LogP) is 3.52. The van der Waals surface area contributed by atoms with Gasteiger partial charge >= 0.3 is 0 Å². The first-order valence-corrected chi connectivity index (χ1v) is 11.0. The normalized spacial score (nSPS) is 33.3. The van der Waals surface area contributed by atoms with Crippen LogP contribution in [0.25, 0.3) is 0 Å². The van der Waals surface area contributed by atoms with Crippen LogP contribution in [0.2, 0.25) is 0 Å². The largest absolute Gasteiger partial charge is 0.356 e. The third kappa shape index (κ3) is 3.49. The lowest BCUT2D eigenvalue weighted by Gasteiger charge is -2.29. The van der Waals surface area contributed by atoms with E-state index in [-0.39, 0.29) is 17.6 Å². The van der Waals surface area contributed by atoms with Gasteiger partial charge in [-0.2, -0.15) is 0 Å². The number of nitrogens with one attached hydrogen (secondary N) is 2. The monoisotopic (exact) mass is 396 g/mol. The molecule has 1 aliphatic heterocycles. The molecule has 29 heavy (non-hydrogen) atoms. The molecule has 5 heteroatoms. The minimum atomic E-state index is -0.403. The summed E-state index contributed by atoms with van der Waals surface area (Å²) in [5.41, 5.74) is 1.14. The molecular weight excluding hydrogens is 367 g/mol. The SMILES string of the molecule is O=C(CCC1(Cc2ccc(F)cc2)CCC(=O)N1)NCC1CC2C=CC1C21CC1. The van der Waals surface area contributed by atoms with E-state index in [1.54, 1.807) is 12.1 Å². The quantitative estimate of drug-likeness (QED) is 0.693. The topological polar surface area (TPSA) is 58.2 Å². The molecule has 1 heterocycles. The summed E-state index contributed by atoms with van der Waals surface area (Å²) in [4.78, 5) is 24.5. The fourth-order valence-corrected chi connectivity index (χ4v) is 6.22.